The zero-order valence-corrected chi connectivity index (χ0v) is 67.3. The number of aliphatic hydroxyl groups is 1. The minimum absolute atomic E-state index is 0.107. The Morgan fingerprint density at radius 1 is 0.290 bits per heavy atom. The van der Waals surface area contributed by atoms with E-state index in [4.69, 9.17) is 37.0 Å². The van der Waals surface area contributed by atoms with Crippen LogP contribution in [0.4, 0.5) is 0 Å². The number of unbranched alkanes of at least 4 members (excludes halogenated alkanes) is 49. The molecule has 0 aliphatic carbocycles. The van der Waals surface area contributed by atoms with Gasteiger partial charge in [-0.3, -0.25) is 37.3 Å². The standard InChI is InChI=1S/C81H158O17P2/c1-7-10-12-14-15-16-17-18-19-20-21-22-25-32-37-42-47-53-60-66-81(86)98-77(70-92-79(84)64-58-52-46-41-36-31-26-23-24-29-34-39-44-50-55-61-73(4)5)72-96-100(89,90)94-68-75(82)67-93-99(87,88)95-71-76(69-91-78(83)63-57-49-13-11-8-2)97-80(85)65-59-54-48-43-38-33-28-27-30-35-40-45-51-56-62-74(6)9-3/h73-77,82H,7-72H2,1-6H3,(H,87,88)(H,89,90)/t74?,75-,76+,77+/m0/s1. The molecule has 3 N–H and O–H groups in total. The number of hydrogen-bond donors (Lipinski definition) is 3. The van der Waals surface area contributed by atoms with Gasteiger partial charge in [-0.15, -0.1) is 0 Å². The fourth-order valence-corrected chi connectivity index (χ4v) is 14.1. The van der Waals surface area contributed by atoms with Crippen LogP contribution in [0.25, 0.3) is 0 Å². The van der Waals surface area contributed by atoms with Gasteiger partial charge in [0.25, 0.3) is 0 Å². The first kappa shape index (κ1) is 98.1. The van der Waals surface area contributed by atoms with Crippen LogP contribution in [0.1, 0.15) is 427 Å². The van der Waals surface area contributed by atoms with Crippen molar-refractivity contribution in [1.29, 1.82) is 0 Å². The van der Waals surface area contributed by atoms with Crippen molar-refractivity contribution in [2.24, 2.45) is 11.8 Å². The zero-order chi connectivity index (χ0) is 73.5. The highest BCUT2D eigenvalue weighted by Gasteiger charge is 2.30. The van der Waals surface area contributed by atoms with E-state index in [0.717, 1.165) is 108 Å². The molecule has 0 aliphatic rings. The molecule has 0 heterocycles. The maximum Gasteiger partial charge on any atom is 0.472 e. The van der Waals surface area contributed by atoms with Crippen molar-refractivity contribution in [2.75, 3.05) is 39.6 Å². The lowest BCUT2D eigenvalue weighted by molar-refractivity contribution is -0.161. The maximum atomic E-state index is 13.1. The first-order valence-corrected chi connectivity index (χ1v) is 45.0. The molecule has 19 heteroatoms. The monoisotopic (exact) mass is 1470 g/mol. The molecule has 0 fully saturated rings. The van der Waals surface area contributed by atoms with Crippen molar-refractivity contribution < 1.29 is 80.2 Å². The summed E-state index contributed by atoms with van der Waals surface area (Å²) in [5.74, 6) is -0.467. The van der Waals surface area contributed by atoms with Gasteiger partial charge in [-0.1, -0.05) is 375 Å². The number of aliphatic hydroxyl groups excluding tert-OH is 1. The van der Waals surface area contributed by atoms with E-state index in [-0.39, 0.29) is 25.7 Å². The molecule has 0 aliphatic heterocycles. The lowest BCUT2D eigenvalue weighted by atomic mass is 9.99. The number of phosphoric acid groups is 2. The predicted octanol–water partition coefficient (Wildman–Crippen LogP) is 24.3. The Bertz CT molecular complexity index is 1930. The average Bonchev–Trinajstić information content (AvgIpc) is 0.926. The number of carbonyl (C=O) groups is 4. The Kier molecular flexibility index (Phi) is 71.2. The van der Waals surface area contributed by atoms with E-state index in [9.17, 15) is 43.2 Å². The third kappa shape index (κ3) is 73.0. The molecule has 0 aromatic heterocycles. The van der Waals surface area contributed by atoms with Crippen molar-refractivity contribution in [3.63, 3.8) is 0 Å². The highest BCUT2D eigenvalue weighted by molar-refractivity contribution is 7.47. The van der Waals surface area contributed by atoms with Crippen LogP contribution in [0.15, 0.2) is 0 Å². The second kappa shape index (κ2) is 72.6. The molecule has 100 heavy (non-hydrogen) atoms. The van der Waals surface area contributed by atoms with Crippen molar-refractivity contribution in [2.45, 2.75) is 445 Å². The summed E-state index contributed by atoms with van der Waals surface area (Å²) in [6, 6.07) is 0. The molecule has 0 saturated carbocycles. The summed E-state index contributed by atoms with van der Waals surface area (Å²) in [6.07, 6.45) is 62.8. The van der Waals surface area contributed by atoms with Crippen LogP contribution in [-0.4, -0.2) is 96.7 Å². The normalized spacial score (nSPS) is 14.2. The Hall–Kier alpha value is -1.94. The average molecular weight is 1470 g/mol. The molecule has 0 aromatic carbocycles. The molecule has 3 unspecified atom stereocenters. The topological polar surface area (TPSA) is 237 Å². The summed E-state index contributed by atoms with van der Waals surface area (Å²) in [4.78, 5) is 72.7. The largest absolute Gasteiger partial charge is 0.472 e. The van der Waals surface area contributed by atoms with E-state index in [1.807, 2.05) is 0 Å². The van der Waals surface area contributed by atoms with Gasteiger partial charge in [0.1, 0.15) is 19.3 Å². The van der Waals surface area contributed by atoms with Gasteiger partial charge in [0.15, 0.2) is 12.2 Å². The van der Waals surface area contributed by atoms with Gasteiger partial charge < -0.3 is 33.8 Å². The van der Waals surface area contributed by atoms with Gasteiger partial charge in [0.2, 0.25) is 0 Å². The Morgan fingerprint density at radius 2 is 0.510 bits per heavy atom. The van der Waals surface area contributed by atoms with Crippen molar-refractivity contribution in [3.8, 4) is 0 Å². The summed E-state index contributed by atoms with van der Waals surface area (Å²) in [6.45, 7) is 9.63. The minimum atomic E-state index is -4.96. The fourth-order valence-electron chi connectivity index (χ4n) is 12.5. The molecule has 0 radical (unpaired) electrons. The molecule has 0 rings (SSSR count). The van der Waals surface area contributed by atoms with Crippen LogP contribution in [-0.2, 0) is 65.4 Å². The second-order valence-electron chi connectivity index (χ2n) is 29.9. The number of phosphoric ester groups is 2. The van der Waals surface area contributed by atoms with E-state index in [0.29, 0.717) is 25.7 Å². The summed E-state index contributed by atoms with van der Waals surface area (Å²) in [7, 11) is -9.91. The van der Waals surface area contributed by atoms with Gasteiger partial charge >= 0.3 is 39.5 Å². The summed E-state index contributed by atoms with van der Waals surface area (Å²) < 4.78 is 68.5. The van der Waals surface area contributed by atoms with Crippen LogP contribution in [0.3, 0.4) is 0 Å². The van der Waals surface area contributed by atoms with E-state index >= 15 is 0 Å². The third-order valence-corrected chi connectivity index (χ3v) is 21.2. The number of rotatable bonds is 80. The van der Waals surface area contributed by atoms with Gasteiger partial charge in [0.05, 0.1) is 26.4 Å². The lowest BCUT2D eigenvalue weighted by Gasteiger charge is -2.21. The molecule has 6 atom stereocenters. The van der Waals surface area contributed by atoms with Crippen LogP contribution < -0.4 is 0 Å². The summed E-state index contributed by atoms with van der Waals surface area (Å²) in [5.41, 5.74) is 0. The molecule has 0 spiro atoms. The fraction of sp³-hybridized carbons (Fsp3) is 0.951. The van der Waals surface area contributed by atoms with Gasteiger partial charge in [-0.25, -0.2) is 9.13 Å². The second-order valence-corrected chi connectivity index (χ2v) is 32.8. The smallest absolute Gasteiger partial charge is 0.462 e. The molecule has 0 bridgehead atoms. The number of ether oxygens (including phenoxy) is 4. The summed E-state index contributed by atoms with van der Waals surface area (Å²) in [5, 5.41) is 10.6. The summed E-state index contributed by atoms with van der Waals surface area (Å²) >= 11 is 0. The third-order valence-electron chi connectivity index (χ3n) is 19.3. The van der Waals surface area contributed by atoms with Crippen molar-refractivity contribution in [3.05, 3.63) is 0 Å². The quantitative estimate of drug-likeness (QED) is 0.0222. The van der Waals surface area contributed by atoms with E-state index in [1.165, 1.54) is 238 Å². The predicted molar refractivity (Wildman–Crippen MR) is 409 cm³/mol. The lowest BCUT2D eigenvalue weighted by Crippen LogP contribution is -2.30. The van der Waals surface area contributed by atoms with Crippen LogP contribution in [0.2, 0.25) is 0 Å². The van der Waals surface area contributed by atoms with Crippen LogP contribution >= 0.6 is 15.6 Å². The molecule has 17 nitrogen and oxygen atoms in total. The van der Waals surface area contributed by atoms with Gasteiger partial charge in [0, 0.05) is 25.7 Å². The minimum Gasteiger partial charge on any atom is -0.462 e. The SMILES string of the molecule is CCCCCCCCCCCCCCCCCCCCCC(=O)O[C@H](COC(=O)CCCCCCCCCCCCCCCCCC(C)C)COP(=O)(O)OC[C@@H](O)COP(=O)(O)OC[C@@H](COC(=O)CCCCCCC)OC(=O)CCCCCCCCCCCCCCCCC(C)CC. The first-order chi connectivity index (χ1) is 48.4. The molecule has 0 saturated heterocycles. The molecule has 594 valence electrons. The number of carbonyl (C=O) groups excluding carboxylic acids is 4. The molecular formula is C81H158O17P2. The van der Waals surface area contributed by atoms with Crippen molar-refractivity contribution >= 4 is 39.5 Å². The van der Waals surface area contributed by atoms with E-state index < -0.39 is 97.5 Å². The molecule has 0 amide bonds. The van der Waals surface area contributed by atoms with E-state index in [1.54, 1.807) is 0 Å². The number of hydrogen-bond acceptors (Lipinski definition) is 15. The van der Waals surface area contributed by atoms with Gasteiger partial charge in [-0.05, 0) is 37.5 Å². The van der Waals surface area contributed by atoms with Crippen LogP contribution in [0.5, 0.6) is 0 Å². The Balaban J connectivity index is 5.12. The number of esters is 4. The van der Waals surface area contributed by atoms with Crippen molar-refractivity contribution in [1.82, 2.24) is 0 Å². The maximum absolute atomic E-state index is 13.1. The Morgan fingerprint density at radius 3 is 0.760 bits per heavy atom. The molecular weight excluding hydrogens is 1310 g/mol. The highest BCUT2D eigenvalue weighted by Crippen LogP contribution is 2.45. The van der Waals surface area contributed by atoms with E-state index in [2.05, 4.69) is 41.5 Å². The Labute approximate surface area is 613 Å². The first-order valence-electron chi connectivity index (χ1n) is 42.0. The van der Waals surface area contributed by atoms with Crippen LogP contribution in [0, 0.1) is 11.8 Å². The highest BCUT2D eigenvalue weighted by atomic mass is 31.2. The molecule has 0 aromatic rings. The zero-order valence-electron chi connectivity index (χ0n) is 65.5. The van der Waals surface area contributed by atoms with Gasteiger partial charge in [-0.2, -0.15) is 0 Å².